The van der Waals surface area contributed by atoms with E-state index in [1.54, 1.807) is 25.1 Å². The van der Waals surface area contributed by atoms with Gasteiger partial charge in [-0.25, -0.2) is 9.97 Å². The number of benzene rings is 2. The highest BCUT2D eigenvalue weighted by atomic mass is 16.3. The Balaban J connectivity index is 1.62. The van der Waals surface area contributed by atoms with Gasteiger partial charge in [-0.15, -0.1) is 0 Å². The Bertz CT molecular complexity index is 1140. The number of nitrogen functional groups attached to an aromatic ring is 1. The number of carbonyl (C=O) groups is 1. The number of amidine groups is 1. The van der Waals surface area contributed by atoms with Crippen LogP contribution in [-0.2, 0) is 6.54 Å². The van der Waals surface area contributed by atoms with E-state index < -0.39 is 0 Å². The molecule has 2 heterocycles. The van der Waals surface area contributed by atoms with Gasteiger partial charge in [0.2, 0.25) is 0 Å². The maximum Gasteiger partial charge on any atom is 0.253 e. The van der Waals surface area contributed by atoms with Gasteiger partial charge >= 0.3 is 0 Å². The van der Waals surface area contributed by atoms with Crippen molar-refractivity contribution in [3.8, 4) is 5.75 Å². The average molecular weight is 404 g/mol. The van der Waals surface area contributed by atoms with Crippen molar-refractivity contribution in [1.29, 1.82) is 5.41 Å². The summed E-state index contributed by atoms with van der Waals surface area (Å²) < 4.78 is 0. The molecule has 1 fully saturated rings. The number of nitrogens with zero attached hydrogens (tertiary/aromatic N) is 3. The van der Waals surface area contributed by atoms with Gasteiger partial charge in [-0.1, -0.05) is 0 Å². The van der Waals surface area contributed by atoms with Crippen molar-refractivity contribution >= 4 is 28.5 Å². The predicted molar refractivity (Wildman–Crippen MR) is 116 cm³/mol. The number of amides is 1. The molecule has 0 saturated carbocycles. The van der Waals surface area contributed by atoms with Gasteiger partial charge in [-0.05, 0) is 56.2 Å². The number of fused-ring (bicyclic) bond motifs is 1. The van der Waals surface area contributed by atoms with E-state index in [9.17, 15) is 9.90 Å². The van der Waals surface area contributed by atoms with Gasteiger partial charge in [0.25, 0.3) is 5.91 Å². The van der Waals surface area contributed by atoms with Crippen molar-refractivity contribution in [2.24, 2.45) is 5.73 Å². The van der Waals surface area contributed by atoms with Crippen molar-refractivity contribution in [3.63, 3.8) is 0 Å². The molecule has 3 aromatic rings. The van der Waals surface area contributed by atoms with Crippen LogP contribution in [0.3, 0.4) is 0 Å². The Hall–Kier alpha value is -3.68. The van der Waals surface area contributed by atoms with E-state index in [1.165, 1.54) is 6.07 Å². The first-order valence-corrected chi connectivity index (χ1v) is 9.90. The smallest absolute Gasteiger partial charge is 0.253 e. The number of nitrogens with two attached hydrogens (primary N) is 1. The first kappa shape index (κ1) is 19.6. The molecular formula is C22H24N6O2. The van der Waals surface area contributed by atoms with Crippen molar-refractivity contribution in [1.82, 2.24) is 14.9 Å². The number of aromatic nitrogens is 2. The fourth-order valence-electron chi connectivity index (χ4n) is 3.69. The molecule has 1 aromatic heterocycles. The van der Waals surface area contributed by atoms with Crippen LogP contribution in [0.1, 0.15) is 40.2 Å². The second-order valence-corrected chi connectivity index (χ2v) is 7.46. The lowest BCUT2D eigenvalue weighted by Crippen LogP contribution is -2.27. The summed E-state index contributed by atoms with van der Waals surface area (Å²) >= 11 is 0. The average Bonchev–Trinajstić information content (AvgIpc) is 3.26. The molecule has 8 nitrogen and oxygen atoms in total. The molecule has 0 spiro atoms. The number of phenolic OH excluding ortho intramolecular Hbond substituents is 1. The highest BCUT2D eigenvalue weighted by Crippen LogP contribution is 2.25. The molecule has 8 heteroatoms. The minimum absolute atomic E-state index is 0.0335. The molecule has 0 radical (unpaired) electrons. The monoisotopic (exact) mass is 404 g/mol. The lowest BCUT2D eigenvalue weighted by Gasteiger charge is -2.16. The van der Waals surface area contributed by atoms with Gasteiger partial charge in [-0.3, -0.25) is 10.2 Å². The lowest BCUT2D eigenvalue weighted by molar-refractivity contribution is 0.0793. The summed E-state index contributed by atoms with van der Waals surface area (Å²) in [5.74, 6) is 1.28. The Kier molecular flexibility index (Phi) is 5.22. The summed E-state index contributed by atoms with van der Waals surface area (Å²) in [6.07, 6.45) is 2.10. The van der Waals surface area contributed by atoms with E-state index in [2.05, 4.69) is 15.3 Å². The van der Waals surface area contributed by atoms with Gasteiger partial charge in [0.05, 0.1) is 5.52 Å². The normalized spacial score (nSPS) is 13.6. The van der Waals surface area contributed by atoms with Crippen molar-refractivity contribution in [2.45, 2.75) is 26.3 Å². The van der Waals surface area contributed by atoms with Crippen LogP contribution in [0.15, 0.2) is 36.4 Å². The molecule has 1 aliphatic rings. The van der Waals surface area contributed by atoms with E-state index >= 15 is 0 Å². The molecule has 0 atom stereocenters. The second-order valence-electron chi connectivity index (χ2n) is 7.46. The predicted octanol–water partition coefficient (Wildman–Crippen LogP) is 2.78. The molecule has 1 saturated heterocycles. The number of phenols is 1. The number of rotatable bonds is 5. The first-order chi connectivity index (χ1) is 14.4. The van der Waals surface area contributed by atoms with Gasteiger partial charge in [-0.2, -0.15) is 0 Å². The van der Waals surface area contributed by atoms with Gasteiger partial charge in [0, 0.05) is 41.7 Å². The molecular weight excluding hydrogens is 380 g/mol. The summed E-state index contributed by atoms with van der Waals surface area (Å²) in [7, 11) is 0. The van der Waals surface area contributed by atoms with E-state index in [4.69, 9.17) is 11.1 Å². The van der Waals surface area contributed by atoms with Crippen LogP contribution in [0, 0.1) is 12.3 Å². The third kappa shape index (κ3) is 3.89. The van der Waals surface area contributed by atoms with Crippen molar-refractivity contribution < 1.29 is 9.90 Å². The number of anilines is 1. The van der Waals surface area contributed by atoms with Crippen LogP contribution < -0.4 is 11.1 Å². The number of nitrogens with one attached hydrogen (secondary N) is 2. The second kappa shape index (κ2) is 7.98. The molecule has 154 valence electrons. The standard InChI is InChI=1S/C22H24N6O2/c1-13-26-18-11-15(22(30)28-8-2-3-9-28)4-6-17(18)21(27-13)25-12-16-10-14(20(23)24)5-7-19(16)29/h4-7,10-11,29H,2-3,8-9,12H2,1H3,(H3,23,24)(H,25,26,27). The summed E-state index contributed by atoms with van der Waals surface area (Å²) in [6.45, 7) is 3.70. The zero-order valence-corrected chi connectivity index (χ0v) is 16.8. The van der Waals surface area contributed by atoms with Crippen molar-refractivity contribution in [3.05, 3.63) is 58.9 Å². The van der Waals surface area contributed by atoms with Crippen LogP contribution in [0.5, 0.6) is 5.75 Å². The molecule has 5 N–H and O–H groups in total. The van der Waals surface area contributed by atoms with E-state index in [0.29, 0.717) is 40.4 Å². The van der Waals surface area contributed by atoms with Crippen LogP contribution in [0.2, 0.25) is 0 Å². The molecule has 2 aromatic carbocycles. The Labute approximate surface area is 174 Å². The zero-order valence-electron chi connectivity index (χ0n) is 16.8. The third-order valence-electron chi connectivity index (χ3n) is 5.29. The van der Waals surface area contributed by atoms with Gasteiger partial charge < -0.3 is 21.1 Å². The molecule has 0 unspecified atom stereocenters. The molecule has 1 aliphatic heterocycles. The summed E-state index contributed by atoms with van der Waals surface area (Å²) in [4.78, 5) is 23.6. The number of carbonyl (C=O) groups excluding carboxylic acids is 1. The Morgan fingerprint density at radius 1 is 1.17 bits per heavy atom. The minimum atomic E-state index is -0.0604. The number of hydrogen-bond acceptors (Lipinski definition) is 6. The van der Waals surface area contributed by atoms with Crippen molar-refractivity contribution in [2.75, 3.05) is 18.4 Å². The largest absolute Gasteiger partial charge is 0.508 e. The lowest BCUT2D eigenvalue weighted by atomic mass is 10.1. The van der Waals surface area contributed by atoms with Crippen LogP contribution in [-0.4, -0.2) is 44.8 Å². The topological polar surface area (TPSA) is 128 Å². The molecule has 0 aliphatic carbocycles. The molecule has 4 rings (SSSR count). The number of aryl methyl sites for hydroxylation is 1. The zero-order chi connectivity index (χ0) is 21.3. The molecule has 0 bridgehead atoms. The quantitative estimate of drug-likeness (QED) is 0.382. The summed E-state index contributed by atoms with van der Waals surface area (Å²) in [5.41, 5.74) is 8.01. The Morgan fingerprint density at radius 2 is 1.90 bits per heavy atom. The maximum atomic E-state index is 12.7. The van der Waals surface area contributed by atoms with E-state index in [1.807, 2.05) is 17.0 Å². The van der Waals surface area contributed by atoms with Gasteiger partial charge in [0.15, 0.2) is 0 Å². The summed E-state index contributed by atoms with van der Waals surface area (Å²) in [5, 5.41) is 21.7. The molecule has 1 amide bonds. The highest BCUT2D eigenvalue weighted by Gasteiger charge is 2.20. The highest BCUT2D eigenvalue weighted by molar-refractivity contribution is 6.00. The molecule has 30 heavy (non-hydrogen) atoms. The fraction of sp³-hybridized carbons (Fsp3) is 0.273. The van der Waals surface area contributed by atoms with Crippen LogP contribution in [0.4, 0.5) is 5.82 Å². The SMILES string of the molecule is Cc1nc(NCc2cc(C(=N)N)ccc2O)c2ccc(C(=O)N3CCCC3)cc2n1. The summed E-state index contributed by atoms with van der Waals surface area (Å²) in [6, 6.07) is 10.3. The number of aromatic hydroxyl groups is 1. The van der Waals surface area contributed by atoms with E-state index in [0.717, 1.165) is 31.3 Å². The third-order valence-corrected chi connectivity index (χ3v) is 5.29. The van der Waals surface area contributed by atoms with Crippen LogP contribution >= 0.6 is 0 Å². The fourth-order valence-corrected chi connectivity index (χ4v) is 3.69. The number of likely N-dealkylation sites (tertiary alicyclic amines) is 1. The van der Waals surface area contributed by atoms with E-state index in [-0.39, 0.29) is 17.5 Å². The van der Waals surface area contributed by atoms with Crippen LogP contribution in [0.25, 0.3) is 10.9 Å². The number of hydrogen-bond donors (Lipinski definition) is 4. The maximum absolute atomic E-state index is 12.7. The Morgan fingerprint density at radius 3 is 2.63 bits per heavy atom. The minimum Gasteiger partial charge on any atom is -0.508 e. The first-order valence-electron chi connectivity index (χ1n) is 9.90. The van der Waals surface area contributed by atoms with Gasteiger partial charge in [0.1, 0.15) is 23.2 Å².